The first kappa shape index (κ1) is 15.7. The summed E-state index contributed by atoms with van der Waals surface area (Å²) in [4.78, 5) is 35.3. The number of likely N-dealkylation sites (N-methyl/N-ethyl adjacent to an activating group) is 1. The van der Waals surface area contributed by atoms with E-state index in [4.69, 9.17) is 5.11 Å². The highest BCUT2D eigenvalue weighted by Gasteiger charge is 2.25. The number of hydrogen-bond donors (Lipinski definition) is 2. The van der Waals surface area contributed by atoms with Crippen molar-refractivity contribution >= 4 is 23.5 Å². The summed E-state index contributed by atoms with van der Waals surface area (Å²) in [5, 5.41) is 11.6. The number of carbonyl (C=O) groups excluding carboxylic acids is 2. The number of anilines is 1. The van der Waals surface area contributed by atoms with Gasteiger partial charge in [-0.25, -0.2) is 4.79 Å². The molecule has 1 aromatic rings. The summed E-state index contributed by atoms with van der Waals surface area (Å²) < 4.78 is 0. The fourth-order valence-electron chi connectivity index (χ4n) is 1.86. The van der Waals surface area contributed by atoms with Crippen LogP contribution in [0.2, 0.25) is 0 Å². The second-order valence-electron chi connectivity index (χ2n) is 4.44. The molecule has 1 aromatic carbocycles. The van der Waals surface area contributed by atoms with Gasteiger partial charge in [-0.2, -0.15) is 0 Å². The first-order chi connectivity index (χ1) is 9.36. The summed E-state index contributed by atoms with van der Waals surface area (Å²) in [6.07, 6.45) is 0.335. The monoisotopic (exact) mass is 278 g/mol. The maximum Gasteiger partial charge on any atom is 0.326 e. The Labute approximate surface area is 117 Å². The number of benzene rings is 1. The molecule has 2 N–H and O–H groups in total. The van der Waals surface area contributed by atoms with Gasteiger partial charge in [0.25, 0.3) is 5.91 Å². The first-order valence-electron chi connectivity index (χ1n) is 6.24. The van der Waals surface area contributed by atoms with Crippen LogP contribution in [-0.2, 0) is 9.59 Å². The number of carboxylic acid groups (broad SMARTS) is 1. The third-order valence-electron chi connectivity index (χ3n) is 2.91. The maximum absolute atomic E-state index is 12.2. The summed E-state index contributed by atoms with van der Waals surface area (Å²) in [6, 6.07) is 5.46. The standard InChI is InChI=1S/C14H18N2O4/c1-4-12(14(19)20)16(3)13(18)10-5-7-11(8-6-10)15-9(2)17/h5-8,12H,4H2,1-3H3,(H,15,17)(H,19,20). The number of carboxylic acids is 1. The predicted molar refractivity (Wildman–Crippen MR) is 74.6 cm³/mol. The van der Waals surface area contributed by atoms with Crippen LogP contribution in [0.4, 0.5) is 5.69 Å². The highest BCUT2D eigenvalue weighted by molar-refractivity contribution is 5.97. The quantitative estimate of drug-likeness (QED) is 0.856. The van der Waals surface area contributed by atoms with E-state index in [0.717, 1.165) is 0 Å². The van der Waals surface area contributed by atoms with Gasteiger partial charge < -0.3 is 15.3 Å². The van der Waals surface area contributed by atoms with E-state index in [1.165, 1.54) is 18.9 Å². The number of hydrogen-bond acceptors (Lipinski definition) is 3. The van der Waals surface area contributed by atoms with Crippen LogP contribution < -0.4 is 5.32 Å². The van der Waals surface area contributed by atoms with Crippen molar-refractivity contribution < 1.29 is 19.5 Å². The Morgan fingerprint density at radius 1 is 1.25 bits per heavy atom. The van der Waals surface area contributed by atoms with Gasteiger partial charge in [-0.15, -0.1) is 0 Å². The molecule has 20 heavy (non-hydrogen) atoms. The molecular formula is C14H18N2O4. The molecule has 0 heterocycles. The van der Waals surface area contributed by atoms with Gasteiger partial charge >= 0.3 is 5.97 Å². The van der Waals surface area contributed by atoms with Crippen LogP contribution in [0.15, 0.2) is 24.3 Å². The Kier molecular flexibility index (Phi) is 5.25. The molecule has 1 unspecified atom stereocenters. The smallest absolute Gasteiger partial charge is 0.326 e. The van der Waals surface area contributed by atoms with Crippen molar-refractivity contribution in [1.82, 2.24) is 4.90 Å². The molecule has 0 radical (unpaired) electrons. The largest absolute Gasteiger partial charge is 0.480 e. The molecule has 0 aliphatic carbocycles. The van der Waals surface area contributed by atoms with Crippen LogP contribution in [-0.4, -0.2) is 40.9 Å². The number of aliphatic carboxylic acids is 1. The van der Waals surface area contributed by atoms with Crippen molar-refractivity contribution in [3.8, 4) is 0 Å². The fraction of sp³-hybridized carbons (Fsp3) is 0.357. The molecular weight excluding hydrogens is 260 g/mol. The summed E-state index contributed by atoms with van der Waals surface area (Å²) >= 11 is 0. The number of nitrogens with zero attached hydrogens (tertiary/aromatic N) is 1. The molecule has 0 aliphatic rings. The van der Waals surface area contributed by atoms with Crippen molar-refractivity contribution in [1.29, 1.82) is 0 Å². The Bertz CT molecular complexity index is 510. The predicted octanol–water partition coefficient (Wildman–Crippen LogP) is 1.58. The molecule has 0 fully saturated rings. The number of amides is 2. The van der Waals surface area contributed by atoms with Crippen molar-refractivity contribution in [3.05, 3.63) is 29.8 Å². The third kappa shape index (κ3) is 3.81. The molecule has 0 saturated heterocycles. The zero-order valence-corrected chi connectivity index (χ0v) is 11.7. The lowest BCUT2D eigenvalue weighted by Crippen LogP contribution is -2.41. The Morgan fingerprint density at radius 3 is 2.20 bits per heavy atom. The first-order valence-corrected chi connectivity index (χ1v) is 6.24. The van der Waals surface area contributed by atoms with Gasteiger partial charge in [0.15, 0.2) is 0 Å². The van der Waals surface area contributed by atoms with Crippen molar-refractivity contribution in [2.24, 2.45) is 0 Å². The number of rotatable bonds is 5. The average Bonchev–Trinajstić information content (AvgIpc) is 2.38. The lowest BCUT2D eigenvalue weighted by Gasteiger charge is -2.23. The van der Waals surface area contributed by atoms with E-state index in [0.29, 0.717) is 17.7 Å². The lowest BCUT2D eigenvalue weighted by molar-refractivity contribution is -0.142. The minimum absolute atomic E-state index is 0.196. The molecule has 6 heteroatoms. The SMILES string of the molecule is CCC(C(=O)O)N(C)C(=O)c1ccc(NC(C)=O)cc1. The lowest BCUT2D eigenvalue weighted by atomic mass is 10.1. The second-order valence-corrected chi connectivity index (χ2v) is 4.44. The zero-order valence-electron chi connectivity index (χ0n) is 11.7. The van der Waals surface area contributed by atoms with Gasteiger partial charge in [-0.1, -0.05) is 6.92 Å². The van der Waals surface area contributed by atoms with Crippen molar-refractivity contribution in [3.63, 3.8) is 0 Å². The minimum atomic E-state index is -1.03. The number of carbonyl (C=O) groups is 3. The Morgan fingerprint density at radius 2 is 1.80 bits per heavy atom. The minimum Gasteiger partial charge on any atom is -0.480 e. The van der Waals surface area contributed by atoms with E-state index in [9.17, 15) is 14.4 Å². The fourth-order valence-corrected chi connectivity index (χ4v) is 1.86. The zero-order chi connectivity index (χ0) is 15.3. The second kappa shape index (κ2) is 6.70. The van der Waals surface area contributed by atoms with Crippen molar-refractivity contribution in [2.75, 3.05) is 12.4 Å². The van der Waals surface area contributed by atoms with Gasteiger partial charge in [0.1, 0.15) is 6.04 Å². The van der Waals surface area contributed by atoms with Gasteiger partial charge in [0, 0.05) is 25.2 Å². The normalized spacial score (nSPS) is 11.6. The van der Waals surface area contributed by atoms with Crippen molar-refractivity contribution in [2.45, 2.75) is 26.3 Å². The van der Waals surface area contributed by atoms with E-state index >= 15 is 0 Å². The van der Waals surface area contributed by atoms with Crippen LogP contribution in [0.1, 0.15) is 30.6 Å². The molecule has 1 rings (SSSR count). The van der Waals surface area contributed by atoms with E-state index in [-0.39, 0.29) is 11.8 Å². The van der Waals surface area contributed by atoms with Gasteiger partial charge in [0.2, 0.25) is 5.91 Å². The highest BCUT2D eigenvalue weighted by atomic mass is 16.4. The van der Waals surface area contributed by atoms with Crippen LogP contribution >= 0.6 is 0 Å². The van der Waals surface area contributed by atoms with E-state index in [1.54, 1.807) is 31.2 Å². The third-order valence-corrected chi connectivity index (χ3v) is 2.91. The molecule has 1 atom stereocenters. The van der Waals surface area contributed by atoms with E-state index < -0.39 is 12.0 Å². The van der Waals surface area contributed by atoms with E-state index in [2.05, 4.69) is 5.32 Å². The van der Waals surface area contributed by atoms with Gasteiger partial charge in [0.05, 0.1) is 0 Å². The summed E-state index contributed by atoms with van der Waals surface area (Å²) in [7, 11) is 1.46. The average molecular weight is 278 g/mol. The van der Waals surface area contributed by atoms with Crippen LogP contribution in [0.5, 0.6) is 0 Å². The van der Waals surface area contributed by atoms with E-state index in [1.807, 2.05) is 0 Å². The molecule has 0 spiro atoms. The molecule has 0 aliphatic heterocycles. The molecule has 6 nitrogen and oxygen atoms in total. The summed E-state index contributed by atoms with van der Waals surface area (Å²) in [5.41, 5.74) is 0.961. The molecule has 0 bridgehead atoms. The van der Waals surface area contributed by atoms with Gasteiger partial charge in [-0.3, -0.25) is 9.59 Å². The summed E-state index contributed by atoms with van der Waals surface area (Å²) in [6.45, 7) is 3.11. The van der Waals surface area contributed by atoms with Crippen LogP contribution in [0.3, 0.4) is 0 Å². The Balaban J connectivity index is 2.86. The molecule has 0 saturated carbocycles. The maximum atomic E-state index is 12.2. The van der Waals surface area contributed by atoms with Crippen LogP contribution in [0, 0.1) is 0 Å². The summed E-state index contributed by atoms with van der Waals surface area (Å²) in [5.74, 6) is -1.59. The molecule has 0 aromatic heterocycles. The number of nitrogens with one attached hydrogen (secondary N) is 1. The van der Waals surface area contributed by atoms with Gasteiger partial charge in [-0.05, 0) is 30.7 Å². The molecule has 108 valence electrons. The van der Waals surface area contributed by atoms with Crippen LogP contribution in [0.25, 0.3) is 0 Å². The topological polar surface area (TPSA) is 86.7 Å². The molecule has 2 amide bonds. The Hall–Kier alpha value is -2.37. The highest BCUT2D eigenvalue weighted by Crippen LogP contribution is 2.13.